The van der Waals surface area contributed by atoms with Gasteiger partial charge in [-0.1, -0.05) is 75.8 Å². The molecule has 0 amide bonds. The minimum atomic E-state index is -5.56. The topological polar surface area (TPSA) is 66.8 Å². The molecule has 4 nitrogen and oxygen atoms in total. The van der Waals surface area contributed by atoms with Gasteiger partial charge in [-0.2, -0.15) is 22.0 Å². The van der Waals surface area contributed by atoms with Crippen molar-refractivity contribution in [3.05, 3.63) is 59.2 Å². The second-order valence-electron chi connectivity index (χ2n) is 11.3. The van der Waals surface area contributed by atoms with E-state index in [2.05, 4.69) is 19.1 Å². The molecule has 2 N–H and O–H groups in total. The molecular weight excluding hydrogens is 563 g/mol. The van der Waals surface area contributed by atoms with E-state index >= 15 is 0 Å². The van der Waals surface area contributed by atoms with Gasteiger partial charge in [0.15, 0.2) is 0 Å². The number of rotatable bonds is 16. The smallest absolute Gasteiger partial charge is 0.453 e. The Morgan fingerprint density at radius 3 is 2.15 bits per heavy atom. The van der Waals surface area contributed by atoms with Gasteiger partial charge in [0.2, 0.25) is 0 Å². The third-order valence-corrected chi connectivity index (χ3v) is 9.60. The Bertz CT molecular complexity index is 1120. The number of hydrogen-bond donors (Lipinski definition) is 2. The van der Waals surface area contributed by atoms with Gasteiger partial charge in [0, 0.05) is 46.1 Å². The van der Waals surface area contributed by atoms with E-state index in [0.29, 0.717) is 24.5 Å². The van der Waals surface area contributed by atoms with Crippen LogP contribution in [0.15, 0.2) is 42.5 Å². The molecule has 0 fully saturated rings. The van der Waals surface area contributed by atoms with E-state index in [1.165, 1.54) is 0 Å². The molecule has 0 aromatic heterocycles. The van der Waals surface area contributed by atoms with Crippen molar-refractivity contribution >= 4 is 10.8 Å². The maximum Gasteiger partial charge on any atom is 0.453 e. The fraction of sp³-hybridized carbons (Fsp3) is 0.613. The van der Waals surface area contributed by atoms with Gasteiger partial charge in [-0.3, -0.25) is 4.21 Å². The number of aliphatic hydroxyl groups excluding tert-OH is 1. The molecule has 0 saturated heterocycles. The summed E-state index contributed by atoms with van der Waals surface area (Å²) in [5.41, 5.74) is 2.81. The Morgan fingerprint density at radius 2 is 1.51 bits per heavy atom. The molecule has 2 aromatic rings. The number of hydrogen-bond acceptors (Lipinski definition) is 4. The van der Waals surface area contributed by atoms with Crippen LogP contribution in [-0.2, 0) is 22.8 Å². The van der Waals surface area contributed by atoms with Crippen molar-refractivity contribution in [2.24, 2.45) is 0 Å². The van der Waals surface area contributed by atoms with Crippen molar-refractivity contribution in [2.45, 2.75) is 101 Å². The molecule has 3 rings (SSSR count). The summed E-state index contributed by atoms with van der Waals surface area (Å²) in [6, 6.07) is 13.3. The van der Waals surface area contributed by atoms with Crippen LogP contribution >= 0.6 is 0 Å². The van der Waals surface area contributed by atoms with E-state index in [4.69, 9.17) is 4.74 Å². The predicted octanol–water partition coefficient (Wildman–Crippen LogP) is 8.17. The maximum absolute atomic E-state index is 12.9. The first-order valence-corrected chi connectivity index (χ1v) is 15.8. The van der Waals surface area contributed by atoms with Crippen molar-refractivity contribution < 1.29 is 41.1 Å². The standard InChI is InChI=1S/C31H41F5O4S/c1-29(24-13-11-23(21-37)12-14-24)22-40-28-20-25(38)15-16-26(28)27(29)10-7-5-3-2-4-6-8-18-41(39)19-9-17-30(32,33)31(34,35)36/h11-16,20,27,37-38H,2-10,17-19,21-22H2,1H3/t27-,29-,41?/m1/s1. The first kappa shape index (κ1) is 33.3. The first-order chi connectivity index (χ1) is 19.4. The zero-order valence-corrected chi connectivity index (χ0v) is 24.3. The second kappa shape index (κ2) is 14.8. The summed E-state index contributed by atoms with van der Waals surface area (Å²) >= 11 is 0. The Morgan fingerprint density at radius 1 is 0.902 bits per heavy atom. The fourth-order valence-electron chi connectivity index (χ4n) is 5.55. The molecule has 1 heterocycles. The summed E-state index contributed by atoms with van der Waals surface area (Å²) in [4.78, 5) is 0. The van der Waals surface area contributed by atoms with E-state index in [0.717, 1.165) is 61.6 Å². The zero-order valence-electron chi connectivity index (χ0n) is 23.5. The van der Waals surface area contributed by atoms with Crippen LogP contribution in [0.25, 0.3) is 0 Å². The van der Waals surface area contributed by atoms with Gasteiger partial charge in [-0.15, -0.1) is 0 Å². The molecule has 1 aliphatic heterocycles. The molecule has 3 atom stereocenters. The van der Waals surface area contributed by atoms with Crippen molar-refractivity contribution in [1.29, 1.82) is 0 Å². The Labute approximate surface area is 241 Å². The van der Waals surface area contributed by atoms with Gasteiger partial charge in [0.1, 0.15) is 11.5 Å². The normalized spacial score (nSPS) is 19.9. The lowest BCUT2D eigenvalue weighted by Gasteiger charge is -2.43. The van der Waals surface area contributed by atoms with Crippen LogP contribution in [0.4, 0.5) is 22.0 Å². The molecule has 1 aliphatic rings. The Balaban J connectivity index is 1.40. The van der Waals surface area contributed by atoms with Gasteiger partial charge in [-0.25, -0.2) is 0 Å². The molecule has 2 aromatic carbocycles. The summed E-state index contributed by atoms with van der Waals surface area (Å²) in [6.45, 7) is 2.68. The van der Waals surface area contributed by atoms with Gasteiger partial charge in [0.25, 0.3) is 0 Å². The van der Waals surface area contributed by atoms with Gasteiger partial charge < -0.3 is 14.9 Å². The molecular formula is C31H41F5O4S. The highest BCUT2D eigenvalue weighted by Gasteiger charge is 2.56. The van der Waals surface area contributed by atoms with E-state index in [1.807, 2.05) is 18.2 Å². The molecule has 0 saturated carbocycles. The average Bonchev–Trinajstić information content (AvgIpc) is 2.92. The summed E-state index contributed by atoms with van der Waals surface area (Å²) in [6.07, 6.45) is 0.260. The minimum absolute atomic E-state index is 0.0102. The van der Waals surface area contributed by atoms with Crippen LogP contribution in [-0.4, -0.2) is 44.6 Å². The number of fused-ring (bicyclic) bond motifs is 1. The summed E-state index contributed by atoms with van der Waals surface area (Å²) in [7, 11) is -1.38. The highest BCUT2D eigenvalue weighted by Crippen LogP contribution is 2.49. The number of phenols is 1. The molecule has 0 bridgehead atoms. The highest BCUT2D eigenvalue weighted by atomic mass is 32.2. The number of aliphatic hydroxyl groups is 1. The van der Waals surface area contributed by atoms with Crippen LogP contribution < -0.4 is 4.74 Å². The summed E-state index contributed by atoms with van der Waals surface area (Å²) < 4.78 is 80.5. The van der Waals surface area contributed by atoms with Gasteiger partial charge in [-0.05, 0) is 42.0 Å². The van der Waals surface area contributed by atoms with Gasteiger partial charge >= 0.3 is 12.1 Å². The van der Waals surface area contributed by atoms with E-state index < -0.39 is 35.7 Å². The average molecular weight is 605 g/mol. The molecule has 0 aliphatic carbocycles. The summed E-state index contributed by atoms with van der Waals surface area (Å²) in [5.74, 6) is -3.45. The van der Waals surface area contributed by atoms with Crippen LogP contribution in [0.1, 0.15) is 93.7 Å². The van der Waals surface area contributed by atoms with Crippen LogP contribution in [0.2, 0.25) is 0 Å². The minimum Gasteiger partial charge on any atom is -0.508 e. The fourth-order valence-corrected chi connectivity index (χ4v) is 6.75. The van der Waals surface area contributed by atoms with E-state index in [9.17, 15) is 36.4 Å². The lowest BCUT2D eigenvalue weighted by Crippen LogP contribution is -2.40. The molecule has 41 heavy (non-hydrogen) atoms. The largest absolute Gasteiger partial charge is 0.508 e. The second-order valence-corrected chi connectivity index (χ2v) is 12.9. The van der Waals surface area contributed by atoms with Crippen molar-refractivity contribution in [3.63, 3.8) is 0 Å². The number of aromatic hydroxyl groups is 1. The maximum atomic E-state index is 12.9. The third-order valence-electron chi connectivity index (χ3n) is 8.11. The molecule has 0 radical (unpaired) electrons. The van der Waals surface area contributed by atoms with E-state index in [-0.39, 0.29) is 29.4 Å². The number of benzene rings is 2. The number of phenolic OH excluding ortho intramolecular Hbond substituents is 1. The van der Waals surface area contributed by atoms with Crippen molar-refractivity contribution in [2.75, 3.05) is 18.1 Å². The quantitative estimate of drug-likeness (QED) is 0.150. The van der Waals surface area contributed by atoms with Crippen LogP contribution in [0.3, 0.4) is 0 Å². The highest BCUT2D eigenvalue weighted by molar-refractivity contribution is 7.84. The monoisotopic (exact) mass is 604 g/mol. The number of alkyl halides is 5. The number of unbranched alkanes of at least 4 members (excludes halogenated alkanes) is 6. The first-order valence-electron chi connectivity index (χ1n) is 14.3. The van der Waals surface area contributed by atoms with E-state index in [1.54, 1.807) is 12.1 Å². The number of ether oxygens (including phenoxy) is 1. The third kappa shape index (κ3) is 9.14. The molecule has 230 valence electrons. The predicted molar refractivity (Wildman–Crippen MR) is 151 cm³/mol. The van der Waals surface area contributed by atoms with Crippen molar-refractivity contribution in [1.82, 2.24) is 0 Å². The summed E-state index contributed by atoms with van der Waals surface area (Å²) in [5, 5.41) is 19.4. The van der Waals surface area contributed by atoms with Crippen LogP contribution in [0.5, 0.6) is 11.5 Å². The molecule has 10 heteroatoms. The zero-order chi connectivity index (χ0) is 30.1. The lowest BCUT2D eigenvalue weighted by molar-refractivity contribution is -0.284. The number of halogens is 5. The Kier molecular flexibility index (Phi) is 12.0. The van der Waals surface area contributed by atoms with Gasteiger partial charge in [0.05, 0.1) is 13.2 Å². The lowest BCUT2D eigenvalue weighted by atomic mass is 9.66. The van der Waals surface area contributed by atoms with Crippen LogP contribution in [0, 0.1) is 0 Å². The Hall–Kier alpha value is -2.20. The SMILES string of the molecule is C[C@]1(c2ccc(CO)cc2)COc2cc(O)ccc2[C@H]1CCCCCCCCCS(=O)CCCC(F)(F)C(F)(F)F. The molecule has 1 unspecified atom stereocenters. The van der Waals surface area contributed by atoms with Crippen molar-refractivity contribution in [3.8, 4) is 11.5 Å². The molecule has 0 spiro atoms.